The zero-order valence-electron chi connectivity index (χ0n) is 16.7. The topological polar surface area (TPSA) is 124 Å². The molecule has 0 saturated heterocycles. The lowest BCUT2D eigenvalue weighted by molar-refractivity contribution is -0.117. The summed E-state index contributed by atoms with van der Waals surface area (Å²) in [4.78, 5) is 35.9. The zero-order chi connectivity index (χ0) is 22.6. The molecule has 160 valence electrons. The van der Waals surface area contributed by atoms with E-state index >= 15 is 0 Å². The van der Waals surface area contributed by atoms with E-state index in [1.807, 2.05) is 0 Å². The molecule has 0 saturated carbocycles. The molecule has 3 rings (SSSR count). The van der Waals surface area contributed by atoms with Crippen LogP contribution in [0.4, 0.5) is 5.69 Å². The summed E-state index contributed by atoms with van der Waals surface area (Å²) in [7, 11) is -2.70. The molecule has 3 aromatic rings. The van der Waals surface area contributed by atoms with Gasteiger partial charge in [0.05, 0.1) is 17.6 Å². The molecular formula is C21H19N3O6S. The number of aryl methyl sites for hydroxylation is 1. The van der Waals surface area contributed by atoms with Crippen molar-refractivity contribution in [2.75, 3.05) is 12.4 Å². The first kappa shape index (κ1) is 21.9. The molecule has 1 aromatic heterocycles. The molecule has 2 aromatic carbocycles. The van der Waals surface area contributed by atoms with Crippen molar-refractivity contribution >= 4 is 27.4 Å². The average molecular weight is 441 g/mol. The summed E-state index contributed by atoms with van der Waals surface area (Å²) in [6.07, 6.45) is 0. The molecule has 0 fully saturated rings. The minimum Gasteiger partial charge on any atom is -0.465 e. The first-order chi connectivity index (χ1) is 14.7. The van der Waals surface area contributed by atoms with E-state index in [1.54, 1.807) is 19.1 Å². The molecule has 0 aliphatic rings. The van der Waals surface area contributed by atoms with Crippen LogP contribution < -0.4 is 10.9 Å². The van der Waals surface area contributed by atoms with Gasteiger partial charge in [-0.15, -0.1) is 0 Å². The molecule has 0 radical (unpaired) electrons. The lowest BCUT2D eigenvalue weighted by Crippen LogP contribution is -2.30. The molecule has 31 heavy (non-hydrogen) atoms. The van der Waals surface area contributed by atoms with Crippen LogP contribution in [0.2, 0.25) is 0 Å². The van der Waals surface area contributed by atoms with Crippen LogP contribution in [0.5, 0.6) is 0 Å². The van der Waals surface area contributed by atoms with Crippen LogP contribution in [0.3, 0.4) is 0 Å². The Kier molecular flexibility index (Phi) is 6.30. The van der Waals surface area contributed by atoms with E-state index in [2.05, 4.69) is 15.2 Å². The van der Waals surface area contributed by atoms with Crippen molar-refractivity contribution in [2.45, 2.75) is 23.4 Å². The molecule has 0 bridgehead atoms. The Bertz CT molecular complexity index is 1300. The van der Waals surface area contributed by atoms with Crippen LogP contribution >= 0.6 is 0 Å². The Morgan fingerprint density at radius 3 is 2.42 bits per heavy atom. The second-order valence-corrected chi connectivity index (χ2v) is 8.50. The summed E-state index contributed by atoms with van der Waals surface area (Å²) in [5.74, 6) is -1.11. The predicted octanol–water partition coefficient (Wildman–Crippen LogP) is 1.81. The number of nitrogens with zero attached hydrogens (tertiary/aromatic N) is 2. The van der Waals surface area contributed by atoms with Gasteiger partial charge in [-0.25, -0.2) is 17.9 Å². The number of hydrogen-bond acceptors (Lipinski definition) is 7. The molecule has 0 aliphatic carbocycles. The number of anilines is 1. The van der Waals surface area contributed by atoms with Crippen LogP contribution in [0.25, 0.3) is 0 Å². The SMILES string of the molecule is COC(=O)c1ccc(NC(=O)Cn2nc(S(=O)(=O)c3cccc(C)c3)ccc2=O)cc1. The number of ether oxygens (including phenoxy) is 1. The molecule has 10 heteroatoms. The smallest absolute Gasteiger partial charge is 0.337 e. The molecule has 0 aliphatic heterocycles. The third kappa shape index (κ3) is 5.04. The summed E-state index contributed by atoms with van der Waals surface area (Å²) < 4.78 is 31.0. The Morgan fingerprint density at radius 2 is 1.77 bits per heavy atom. The molecule has 1 heterocycles. The number of benzene rings is 2. The summed E-state index contributed by atoms with van der Waals surface area (Å²) >= 11 is 0. The van der Waals surface area contributed by atoms with E-state index < -0.39 is 33.8 Å². The van der Waals surface area contributed by atoms with Gasteiger partial charge in [0.15, 0.2) is 5.03 Å². The maximum atomic E-state index is 12.8. The van der Waals surface area contributed by atoms with Crippen molar-refractivity contribution in [1.29, 1.82) is 0 Å². The van der Waals surface area contributed by atoms with Gasteiger partial charge in [0.1, 0.15) is 6.54 Å². The van der Waals surface area contributed by atoms with Gasteiger partial charge >= 0.3 is 5.97 Å². The molecule has 9 nitrogen and oxygen atoms in total. The lowest BCUT2D eigenvalue weighted by Gasteiger charge is -2.09. The fourth-order valence-electron chi connectivity index (χ4n) is 2.73. The number of sulfone groups is 1. The van der Waals surface area contributed by atoms with E-state index in [9.17, 15) is 22.8 Å². The first-order valence-electron chi connectivity index (χ1n) is 9.09. The van der Waals surface area contributed by atoms with E-state index in [-0.39, 0.29) is 9.92 Å². The number of nitrogens with one attached hydrogen (secondary N) is 1. The number of aromatic nitrogens is 2. The highest BCUT2D eigenvalue weighted by molar-refractivity contribution is 7.91. The molecule has 0 unspecified atom stereocenters. The number of hydrogen-bond donors (Lipinski definition) is 1. The highest BCUT2D eigenvalue weighted by atomic mass is 32.2. The number of rotatable bonds is 6. The van der Waals surface area contributed by atoms with Crippen molar-refractivity contribution in [3.8, 4) is 0 Å². The summed E-state index contributed by atoms with van der Waals surface area (Å²) in [6.45, 7) is 1.27. The molecular weight excluding hydrogens is 422 g/mol. The van der Waals surface area contributed by atoms with Gasteiger partial charge in [0.2, 0.25) is 15.7 Å². The van der Waals surface area contributed by atoms with Crippen molar-refractivity contribution in [1.82, 2.24) is 9.78 Å². The maximum absolute atomic E-state index is 12.8. The van der Waals surface area contributed by atoms with Crippen molar-refractivity contribution in [3.05, 3.63) is 82.1 Å². The van der Waals surface area contributed by atoms with Crippen molar-refractivity contribution < 1.29 is 22.7 Å². The van der Waals surface area contributed by atoms with Crippen LogP contribution in [-0.2, 0) is 25.9 Å². The van der Waals surface area contributed by atoms with E-state index in [1.165, 1.54) is 43.5 Å². The molecule has 1 N–H and O–H groups in total. The van der Waals surface area contributed by atoms with Gasteiger partial charge in [-0.2, -0.15) is 5.10 Å². The average Bonchev–Trinajstić information content (AvgIpc) is 2.75. The van der Waals surface area contributed by atoms with Crippen molar-refractivity contribution in [2.24, 2.45) is 0 Å². The fraction of sp³-hybridized carbons (Fsp3) is 0.143. The first-order valence-corrected chi connectivity index (χ1v) is 10.6. The Balaban J connectivity index is 1.80. The number of amides is 1. The van der Waals surface area contributed by atoms with Crippen LogP contribution in [0, 0.1) is 6.92 Å². The monoisotopic (exact) mass is 441 g/mol. The second-order valence-electron chi connectivity index (χ2n) is 6.60. The summed E-state index contributed by atoms with van der Waals surface area (Å²) in [5, 5.41) is 6.09. The van der Waals surface area contributed by atoms with Crippen molar-refractivity contribution in [3.63, 3.8) is 0 Å². The summed E-state index contributed by atoms with van der Waals surface area (Å²) in [5.41, 5.74) is 0.827. The van der Waals surface area contributed by atoms with Crippen LogP contribution in [-0.4, -0.2) is 37.2 Å². The minimum atomic E-state index is -3.96. The van der Waals surface area contributed by atoms with Gasteiger partial charge in [-0.1, -0.05) is 12.1 Å². The Labute approximate surface area is 178 Å². The van der Waals surface area contributed by atoms with E-state index in [0.717, 1.165) is 22.4 Å². The quantitative estimate of drug-likeness (QED) is 0.579. The zero-order valence-corrected chi connectivity index (χ0v) is 17.5. The van der Waals surface area contributed by atoms with Gasteiger partial charge in [-0.3, -0.25) is 9.59 Å². The molecule has 0 atom stereocenters. The number of esters is 1. The van der Waals surface area contributed by atoms with Gasteiger partial charge < -0.3 is 10.1 Å². The number of carbonyl (C=O) groups excluding carboxylic acids is 2. The van der Waals surface area contributed by atoms with Crippen LogP contribution in [0.1, 0.15) is 15.9 Å². The fourth-order valence-corrected chi connectivity index (χ4v) is 4.03. The second kappa shape index (κ2) is 8.92. The van der Waals surface area contributed by atoms with Crippen LogP contribution in [0.15, 0.2) is 75.4 Å². The maximum Gasteiger partial charge on any atom is 0.337 e. The normalized spacial score (nSPS) is 11.0. The standard InChI is InChI=1S/C21H19N3O6S/c1-14-4-3-5-17(12-14)31(28,29)19-10-11-20(26)24(23-19)13-18(25)22-16-8-6-15(7-9-16)21(27)30-2/h3-12H,13H2,1-2H3,(H,22,25). The highest BCUT2D eigenvalue weighted by Crippen LogP contribution is 2.19. The molecule has 1 amide bonds. The van der Waals surface area contributed by atoms with Gasteiger partial charge in [0.25, 0.3) is 5.56 Å². The van der Waals surface area contributed by atoms with Gasteiger partial charge in [0, 0.05) is 11.8 Å². The summed E-state index contributed by atoms with van der Waals surface area (Å²) in [6, 6.07) is 14.4. The third-order valence-corrected chi connectivity index (χ3v) is 5.94. The third-order valence-electron chi connectivity index (χ3n) is 4.30. The van der Waals surface area contributed by atoms with Gasteiger partial charge in [-0.05, 0) is 55.0 Å². The number of carbonyl (C=O) groups is 2. The minimum absolute atomic E-state index is 0.0420. The largest absolute Gasteiger partial charge is 0.465 e. The predicted molar refractivity (Wildman–Crippen MR) is 112 cm³/mol. The lowest BCUT2D eigenvalue weighted by atomic mass is 10.2. The molecule has 0 spiro atoms. The van der Waals surface area contributed by atoms with E-state index in [4.69, 9.17) is 0 Å². The highest BCUT2D eigenvalue weighted by Gasteiger charge is 2.21. The Morgan fingerprint density at radius 1 is 1.06 bits per heavy atom. The number of methoxy groups -OCH3 is 1. The Hall–Kier alpha value is -3.79. The van der Waals surface area contributed by atoms with E-state index in [0.29, 0.717) is 11.3 Å².